The van der Waals surface area contributed by atoms with Gasteiger partial charge in [0.1, 0.15) is 12.3 Å². The summed E-state index contributed by atoms with van der Waals surface area (Å²) >= 11 is 0. The van der Waals surface area contributed by atoms with Crippen LogP contribution in [0.25, 0.3) is 0 Å². The zero-order valence-corrected chi connectivity index (χ0v) is 19.3. The maximum absolute atomic E-state index is 13.5. The number of ether oxygens (including phenoxy) is 1. The molecule has 0 aliphatic heterocycles. The van der Waals surface area contributed by atoms with E-state index in [2.05, 4.69) is 5.32 Å². The van der Waals surface area contributed by atoms with Crippen molar-refractivity contribution in [3.05, 3.63) is 90.0 Å². The van der Waals surface area contributed by atoms with Crippen molar-refractivity contribution in [3.63, 3.8) is 0 Å². The molecule has 6 nitrogen and oxygen atoms in total. The van der Waals surface area contributed by atoms with Gasteiger partial charge in [0, 0.05) is 0 Å². The Hall–Kier alpha value is -3.32. The molecule has 32 heavy (non-hydrogen) atoms. The monoisotopic (exact) mass is 452 g/mol. The first-order valence-corrected chi connectivity index (χ1v) is 11.9. The zero-order chi connectivity index (χ0) is 23.1. The van der Waals surface area contributed by atoms with Gasteiger partial charge < -0.3 is 10.1 Å². The minimum absolute atomic E-state index is 0.0850. The molecule has 0 radical (unpaired) electrons. The van der Waals surface area contributed by atoms with Crippen LogP contribution < -0.4 is 14.4 Å². The number of hydrogen-bond acceptors (Lipinski definition) is 4. The molecule has 0 aromatic heterocycles. The van der Waals surface area contributed by atoms with Crippen molar-refractivity contribution >= 4 is 21.6 Å². The number of methoxy groups -OCH3 is 1. The molecule has 7 heteroatoms. The number of hydrogen-bond donors (Lipinski definition) is 1. The largest absolute Gasteiger partial charge is 0.497 e. The summed E-state index contributed by atoms with van der Waals surface area (Å²) in [6.07, 6.45) is 0.686. The third kappa shape index (κ3) is 5.48. The molecular formula is C25H28N2O4S. The van der Waals surface area contributed by atoms with E-state index in [1.807, 2.05) is 56.3 Å². The van der Waals surface area contributed by atoms with Crippen LogP contribution >= 0.6 is 0 Å². The Kier molecular flexibility index (Phi) is 7.53. The number of rotatable bonds is 9. The van der Waals surface area contributed by atoms with Crippen molar-refractivity contribution in [3.8, 4) is 5.75 Å². The maximum atomic E-state index is 13.5. The number of aryl methyl sites for hydroxylation is 1. The first-order chi connectivity index (χ1) is 15.3. The van der Waals surface area contributed by atoms with Crippen LogP contribution in [0.3, 0.4) is 0 Å². The second-order valence-corrected chi connectivity index (χ2v) is 9.32. The SMILES string of the molecule is CC[C@H](NC(=O)CN(c1ccc(C)cc1)S(=O)(=O)c1ccc(OC)cc1)c1ccccc1. The Morgan fingerprint density at radius 1 is 0.969 bits per heavy atom. The van der Waals surface area contributed by atoms with Gasteiger partial charge in [-0.2, -0.15) is 0 Å². The standard InChI is InChI=1S/C25H28N2O4S/c1-4-24(20-8-6-5-7-9-20)26-25(28)18-27(21-12-10-19(2)11-13-21)32(29,30)23-16-14-22(31-3)15-17-23/h5-17,24H,4,18H2,1-3H3,(H,26,28)/t24-/m0/s1. The fourth-order valence-corrected chi connectivity index (χ4v) is 4.80. The van der Waals surface area contributed by atoms with E-state index in [0.29, 0.717) is 17.9 Å². The number of nitrogens with one attached hydrogen (secondary N) is 1. The van der Waals surface area contributed by atoms with Crippen LogP contribution in [0.4, 0.5) is 5.69 Å². The summed E-state index contributed by atoms with van der Waals surface area (Å²) in [5, 5.41) is 2.97. The van der Waals surface area contributed by atoms with Crippen molar-refractivity contribution in [1.29, 1.82) is 0 Å². The molecule has 1 atom stereocenters. The molecule has 0 unspecified atom stereocenters. The lowest BCUT2D eigenvalue weighted by molar-refractivity contribution is -0.120. The van der Waals surface area contributed by atoms with E-state index in [9.17, 15) is 13.2 Å². The van der Waals surface area contributed by atoms with E-state index in [1.54, 1.807) is 24.3 Å². The smallest absolute Gasteiger partial charge is 0.264 e. The number of nitrogens with zero attached hydrogens (tertiary/aromatic N) is 1. The summed E-state index contributed by atoms with van der Waals surface area (Å²) in [4.78, 5) is 13.1. The van der Waals surface area contributed by atoms with Crippen LogP contribution in [0.15, 0.2) is 83.8 Å². The molecule has 0 saturated heterocycles. The third-order valence-electron chi connectivity index (χ3n) is 5.20. The molecule has 0 bridgehead atoms. The molecule has 0 aliphatic rings. The highest BCUT2D eigenvalue weighted by Crippen LogP contribution is 2.26. The summed E-state index contributed by atoms with van der Waals surface area (Å²) in [7, 11) is -2.46. The predicted molar refractivity (Wildman–Crippen MR) is 126 cm³/mol. The molecule has 0 aliphatic carbocycles. The van der Waals surface area contributed by atoms with Crippen LogP contribution in [-0.4, -0.2) is 28.0 Å². The quantitative estimate of drug-likeness (QED) is 0.520. The summed E-state index contributed by atoms with van der Waals surface area (Å²) in [5.41, 5.74) is 2.40. The lowest BCUT2D eigenvalue weighted by Crippen LogP contribution is -2.42. The van der Waals surface area contributed by atoms with Crippen molar-refractivity contribution < 1.29 is 17.9 Å². The fourth-order valence-electron chi connectivity index (χ4n) is 3.38. The summed E-state index contributed by atoms with van der Waals surface area (Å²) in [6, 6.07) is 22.6. The topological polar surface area (TPSA) is 75.7 Å². The Labute approximate surface area is 189 Å². The van der Waals surface area contributed by atoms with Crippen molar-refractivity contribution in [1.82, 2.24) is 5.32 Å². The van der Waals surface area contributed by atoms with Crippen LogP contribution in [0, 0.1) is 6.92 Å². The van der Waals surface area contributed by atoms with Gasteiger partial charge in [0.05, 0.1) is 23.7 Å². The molecule has 1 amide bonds. The van der Waals surface area contributed by atoms with E-state index in [0.717, 1.165) is 15.4 Å². The van der Waals surface area contributed by atoms with Gasteiger partial charge in [-0.05, 0) is 55.3 Å². The summed E-state index contributed by atoms with van der Waals surface area (Å²) in [6.45, 7) is 3.56. The number of carbonyl (C=O) groups is 1. The van der Waals surface area contributed by atoms with Gasteiger partial charge >= 0.3 is 0 Å². The van der Waals surface area contributed by atoms with E-state index in [4.69, 9.17) is 4.74 Å². The Morgan fingerprint density at radius 2 is 1.59 bits per heavy atom. The molecule has 3 rings (SSSR count). The minimum Gasteiger partial charge on any atom is -0.497 e. The molecule has 0 heterocycles. The Bertz CT molecular complexity index is 1130. The highest BCUT2D eigenvalue weighted by Gasteiger charge is 2.28. The number of benzene rings is 3. The highest BCUT2D eigenvalue weighted by atomic mass is 32.2. The van der Waals surface area contributed by atoms with Crippen LogP contribution in [0.1, 0.15) is 30.5 Å². The van der Waals surface area contributed by atoms with Gasteiger partial charge in [-0.3, -0.25) is 9.10 Å². The number of sulfonamides is 1. The molecule has 0 spiro atoms. The van der Waals surface area contributed by atoms with Crippen molar-refractivity contribution in [2.45, 2.75) is 31.2 Å². The molecule has 168 valence electrons. The third-order valence-corrected chi connectivity index (χ3v) is 6.99. The molecule has 0 fully saturated rings. The van der Waals surface area contributed by atoms with Gasteiger partial charge in [-0.25, -0.2) is 8.42 Å². The maximum Gasteiger partial charge on any atom is 0.264 e. The molecule has 3 aromatic carbocycles. The van der Waals surface area contributed by atoms with E-state index in [-0.39, 0.29) is 23.4 Å². The van der Waals surface area contributed by atoms with Crippen molar-refractivity contribution in [2.24, 2.45) is 0 Å². The average Bonchev–Trinajstić information content (AvgIpc) is 2.82. The molecular weight excluding hydrogens is 424 g/mol. The van der Waals surface area contributed by atoms with Crippen LogP contribution in [0.2, 0.25) is 0 Å². The molecule has 0 saturated carbocycles. The second-order valence-electron chi connectivity index (χ2n) is 7.46. The van der Waals surface area contributed by atoms with E-state index < -0.39 is 10.0 Å². The van der Waals surface area contributed by atoms with Crippen LogP contribution in [0.5, 0.6) is 5.75 Å². The van der Waals surface area contributed by atoms with Crippen molar-refractivity contribution in [2.75, 3.05) is 18.0 Å². The van der Waals surface area contributed by atoms with E-state index >= 15 is 0 Å². The van der Waals surface area contributed by atoms with Gasteiger partial charge in [0.2, 0.25) is 5.91 Å². The Balaban J connectivity index is 1.90. The average molecular weight is 453 g/mol. The van der Waals surface area contributed by atoms with Gasteiger partial charge in [-0.1, -0.05) is 55.0 Å². The number of amides is 1. The highest BCUT2D eigenvalue weighted by molar-refractivity contribution is 7.92. The van der Waals surface area contributed by atoms with E-state index in [1.165, 1.54) is 19.2 Å². The minimum atomic E-state index is -3.98. The second kappa shape index (κ2) is 10.3. The lowest BCUT2D eigenvalue weighted by atomic mass is 10.0. The number of carbonyl (C=O) groups excluding carboxylic acids is 1. The Morgan fingerprint density at radius 3 is 2.16 bits per heavy atom. The zero-order valence-electron chi connectivity index (χ0n) is 18.5. The fraction of sp³-hybridized carbons (Fsp3) is 0.240. The first kappa shape index (κ1) is 23.3. The lowest BCUT2D eigenvalue weighted by Gasteiger charge is -2.26. The molecule has 3 aromatic rings. The van der Waals surface area contributed by atoms with Gasteiger partial charge in [0.25, 0.3) is 10.0 Å². The summed E-state index contributed by atoms with van der Waals surface area (Å²) < 4.78 is 33.2. The summed E-state index contributed by atoms with van der Waals surface area (Å²) in [5.74, 6) is 0.176. The number of anilines is 1. The van der Waals surface area contributed by atoms with Gasteiger partial charge in [0.15, 0.2) is 0 Å². The molecule has 1 N–H and O–H groups in total. The predicted octanol–water partition coefficient (Wildman–Crippen LogP) is 4.47. The van der Waals surface area contributed by atoms with Crippen LogP contribution in [-0.2, 0) is 14.8 Å². The first-order valence-electron chi connectivity index (χ1n) is 10.4. The normalized spacial score (nSPS) is 12.1. The van der Waals surface area contributed by atoms with Gasteiger partial charge in [-0.15, -0.1) is 0 Å².